The van der Waals surface area contributed by atoms with Crippen LogP contribution in [0.15, 0.2) is 103 Å². The van der Waals surface area contributed by atoms with Gasteiger partial charge in [0.05, 0.1) is 28.4 Å². The van der Waals surface area contributed by atoms with Crippen molar-refractivity contribution in [3.63, 3.8) is 0 Å². The third kappa shape index (κ3) is 5.74. The zero-order valence-corrected chi connectivity index (χ0v) is 24.6. The van der Waals surface area contributed by atoms with E-state index in [1.165, 1.54) is 16.2 Å². The number of hydrogen-bond acceptors (Lipinski definition) is 7. The van der Waals surface area contributed by atoms with Crippen molar-refractivity contribution in [3.8, 4) is 17.2 Å². The second kappa shape index (κ2) is 12.1. The van der Waals surface area contributed by atoms with Crippen molar-refractivity contribution in [2.24, 2.45) is 0 Å². The number of nitrogens with zero attached hydrogens (tertiary/aromatic N) is 2. The summed E-state index contributed by atoms with van der Waals surface area (Å²) in [4.78, 5) is 33.6. The topological polar surface area (TPSA) is 89.0 Å². The Bertz CT molecular complexity index is 1850. The first kappa shape index (κ1) is 28.2. The molecule has 2 heterocycles. The van der Waals surface area contributed by atoms with E-state index in [1.54, 1.807) is 42.5 Å². The van der Waals surface area contributed by atoms with Gasteiger partial charge in [-0.3, -0.25) is 14.5 Å². The van der Waals surface area contributed by atoms with Crippen LogP contribution in [0.2, 0.25) is 0 Å². The first-order valence-electron chi connectivity index (χ1n) is 14.2. The molecule has 1 aromatic heterocycles. The van der Waals surface area contributed by atoms with Gasteiger partial charge in [0.25, 0.3) is 5.78 Å². The fraction of sp³-hybridized carbons (Fsp3) is 0.171. The molecule has 1 amide bonds. The molecule has 1 N–H and O–H groups in total. The minimum absolute atomic E-state index is 0.0250. The monoisotopic (exact) mass is 590 g/mol. The van der Waals surface area contributed by atoms with Crippen molar-refractivity contribution in [1.29, 1.82) is 0 Å². The van der Waals surface area contributed by atoms with Gasteiger partial charge in [0.1, 0.15) is 23.0 Å². The van der Waals surface area contributed by atoms with E-state index in [4.69, 9.17) is 14.5 Å². The lowest BCUT2D eigenvalue weighted by molar-refractivity contribution is -0.132. The predicted molar refractivity (Wildman–Crippen MR) is 169 cm³/mol. The van der Waals surface area contributed by atoms with E-state index in [9.17, 15) is 14.7 Å². The summed E-state index contributed by atoms with van der Waals surface area (Å²) in [5.74, 6) is -0.0754. The van der Waals surface area contributed by atoms with Gasteiger partial charge in [-0.15, -0.1) is 0 Å². The number of aromatic nitrogens is 1. The van der Waals surface area contributed by atoms with Crippen molar-refractivity contribution in [1.82, 2.24) is 4.98 Å². The third-order valence-electron chi connectivity index (χ3n) is 7.21. The normalized spacial score (nSPS) is 16.1. The minimum Gasteiger partial charge on any atom is -0.507 e. The van der Waals surface area contributed by atoms with Crippen LogP contribution in [0.3, 0.4) is 0 Å². The van der Waals surface area contributed by atoms with Gasteiger partial charge in [0, 0.05) is 5.56 Å². The van der Waals surface area contributed by atoms with Crippen LogP contribution >= 0.6 is 11.3 Å². The molecule has 0 bridgehead atoms. The Labute approximate surface area is 253 Å². The maximum atomic E-state index is 13.7. The Hall–Kier alpha value is -4.95. The Morgan fingerprint density at radius 1 is 0.907 bits per heavy atom. The maximum Gasteiger partial charge on any atom is 0.301 e. The summed E-state index contributed by atoms with van der Waals surface area (Å²) in [7, 11) is 0. The van der Waals surface area contributed by atoms with Gasteiger partial charge >= 0.3 is 5.91 Å². The van der Waals surface area contributed by atoms with E-state index in [0.29, 0.717) is 40.1 Å². The Morgan fingerprint density at radius 3 is 2.49 bits per heavy atom. The SMILES string of the molecule is CCCCOc1cccc(/C(O)=C2\C(=O)C(=O)N(c3nc4ccc(C)cc4s3)C2c2cccc(Oc3ccccc3)c2)c1. The van der Waals surface area contributed by atoms with Crippen LogP contribution in [0.5, 0.6) is 17.2 Å². The maximum absolute atomic E-state index is 13.7. The Balaban J connectivity index is 1.48. The van der Waals surface area contributed by atoms with Crippen molar-refractivity contribution in [2.45, 2.75) is 32.7 Å². The number of unbranched alkanes of at least 4 members (excludes halogenated alkanes) is 1. The predicted octanol–water partition coefficient (Wildman–Crippen LogP) is 8.20. The fourth-order valence-electron chi connectivity index (χ4n) is 5.06. The standard InChI is InChI=1S/C35H30N2O5S/c1-3-4-18-41-26-14-9-11-24(21-26)32(38)30-31(23-10-8-15-27(20-23)42-25-12-6-5-7-13-25)37(34(40)33(30)39)35-36-28-17-16-22(2)19-29(28)43-35/h5-17,19-21,31,38H,3-4,18H2,1-2H3/b32-30+. The number of ketones is 1. The van der Waals surface area contributed by atoms with Gasteiger partial charge in [-0.1, -0.05) is 73.2 Å². The van der Waals surface area contributed by atoms with Crippen molar-refractivity contribution >= 4 is 44.1 Å². The van der Waals surface area contributed by atoms with Gasteiger partial charge in [0.15, 0.2) is 5.13 Å². The Kier molecular flexibility index (Phi) is 7.94. The first-order chi connectivity index (χ1) is 20.9. The lowest BCUT2D eigenvalue weighted by Gasteiger charge is -2.23. The van der Waals surface area contributed by atoms with E-state index in [-0.39, 0.29) is 11.3 Å². The van der Waals surface area contributed by atoms with Crippen LogP contribution in [-0.2, 0) is 9.59 Å². The second-order valence-corrected chi connectivity index (χ2v) is 11.4. The smallest absolute Gasteiger partial charge is 0.301 e. The number of thiazole rings is 1. The van der Waals surface area contributed by atoms with Gasteiger partial charge in [-0.05, 0) is 73.0 Å². The van der Waals surface area contributed by atoms with E-state index in [0.717, 1.165) is 28.6 Å². The van der Waals surface area contributed by atoms with Gasteiger partial charge in [0.2, 0.25) is 0 Å². The van der Waals surface area contributed by atoms with E-state index in [1.807, 2.05) is 61.5 Å². The van der Waals surface area contributed by atoms with E-state index in [2.05, 4.69) is 6.92 Å². The van der Waals surface area contributed by atoms with Crippen LogP contribution in [-0.4, -0.2) is 28.4 Å². The van der Waals surface area contributed by atoms with Crippen LogP contribution in [0.4, 0.5) is 5.13 Å². The average molecular weight is 591 g/mol. The molecule has 1 saturated heterocycles. The number of carbonyl (C=O) groups excluding carboxylic acids is 2. The largest absolute Gasteiger partial charge is 0.507 e. The first-order valence-corrected chi connectivity index (χ1v) is 15.0. The fourth-order valence-corrected chi connectivity index (χ4v) is 6.15. The highest BCUT2D eigenvalue weighted by atomic mass is 32.1. The molecule has 5 aromatic rings. The van der Waals surface area contributed by atoms with Crippen LogP contribution in [0, 0.1) is 6.92 Å². The zero-order valence-electron chi connectivity index (χ0n) is 23.8. The summed E-state index contributed by atoms with van der Waals surface area (Å²) < 4.78 is 12.8. The molecule has 1 aliphatic rings. The third-order valence-corrected chi connectivity index (χ3v) is 8.23. The number of para-hydroxylation sites is 1. The number of fused-ring (bicyclic) bond motifs is 1. The summed E-state index contributed by atoms with van der Waals surface area (Å²) in [6.07, 6.45) is 1.88. The summed E-state index contributed by atoms with van der Waals surface area (Å²) in [6, 6.07) is 28.4. The molecule has 43 heavy (non-hydrogen) atoms. The van der Waals surface area contributed by atoms with Gasteiger partial charge in [-0.25, -0.2) is 4.98 Å². The van der Waals surface area contributed by atoms with E-state index < -0.39 is 17.7 Å². The Morgan fingerprint density at radius 2 is 1.67 bits per heavy atom. The zero-order chi connectivity index (χ0) is 29.9. The molecule has 1 fully saturated rings. The number of aryl methyl sites for hydroxylation is 1. The summed E-state index contributed by atoms with van der Waals surface area (Å²) in [5.41, 5.74) is 2.74. The highest BCUT2D eigenvalue weighted by Gasteiger charge is 2.48. The van der Waals surface area contributed by atoms with Crippen LogP contribution < -0.4 is 14.4 Å². The quantitative estimate of drug-likeness (QED) is 0.0806. The minimum atomic E-state index is -0.939. The number of amides is 1. The van der Waals surface area contributed by atoms with Gasteiger partial charge in [-0.2, -0.15) is 0 Å². The molecule has 0 spiro atoms. The van der Waals surface area contributed by atoms with Crippen LogP contribution in [0.25, 0.3) is 16.0 Å². The molecule has 8 heteroatoms. The van der Waals surface area contributed by atoms with Crippen molar-refractivity contribution < 1.29 is 24.2 Å². The molecule has 1 unspecified atom stereocenters. The molecule has 0 radical (unpaired) electrons. The molecule has 216 valence electrons. The van der Waals surface area contributed by atoms with Crippen molar-refractivity contribution in [3.05, 3.63) is 119 Å². The molecule has 6 rings (SSSR count). The number of carbonyl (C=O) groups is 2. The number of rotatable bonds is 9. The molecule has 0 saturated carbocycles. The van der Waals surface area contributed by atoms with Gasteiger partial charge < -0.3 is 14.6 Å². The summed E-state index contributed by atoms with van der Waals surface area (Å²) >= 11 is 1.33. The molecular weight excluding hydrogens is 560 g/mol. The molecule has 0 aliphatic carbocycles. The van der Waals surface area contributed by atoms with Crippen LogP contribution in [0.1, 0.15) is 42.5 Å². The number of anilines is 1. The molecule has 1 atom stereocenters. The number of Topliss-reactive ketones (excluding diaryl/α,β-unsaturated/α-hetero) is 1. The summed E-state index contributed by atoms with van der Waals surface area (Å²) in [6.45, 7) is 4.61. The highest BCUT2D eigenvalue weighted by molar-refractivity contribution is 7.22. The number of ether oxygens (including phenoxy) is 2. The van der Waals surface area contributed by atoms with E-state index >= 15 is 0 Å². The second-order valence-electron chi connectivity index (χ2n) is 10.4. The number of aliphatic hydroxyl groups excluding tert-OH is 1. The number of aliphatic hydroxyl groups is 1. The molecular formula is C35H30N2O5S. The summed E-state index contributed by atoms with van der Waals surface area (Å²) in [5, 5.41) is 12.0. The molecule has 7 nitrogen and oxygen atoms in total. The molecule has 4 aromatic carbocycles. The lowest BCUT2D eigenvalue weighted by Crippen LogP contribution is -2.29. The van der Waals surface area contributed by atoms with Crippen molar-refractivity contribution in [2.75, 3.05) is 11.5 Å². The molecule has 1 aliphatic heterocycles. The number of benzene rings is 4. The lowest BCUT2D eigenvalue weighted by atomic mass is 9.95. The average Bonchev–Trinajstić information content (AvgIpc) is 3.55. The number of hydrogen-bond donors (Lipinski definition) is 1. The highest BCUT2D eigenvalue weighted by Crippen LogP contribution is 2.45.